The summed E-state index contributed by atoms with van der Waals surface area (Å²) in [5, 5.41) is 0. The molecule has 0 radical (unpaired) electrons. The van der Waals surface area contributed by atoms with Crippen LogP contribution in [-0.4, -0.2) is 52.4 Å². The van der Waals surface area contributed by atoms with Crippen molar-refractivity contribution in [1.29, 1.82) is 0 Å². The van der Waals surface area contributed by atoms with E-state index in [1.807, 2.05) is 30.3 Å². The molecule has 8 heteroatoms. The van der Waals surface area contributed by atoms with Crippen LogP contribution in [-0.2, 0) is 9.59 Å². The average Bonchev–Trinajstić information content (AvgIpc) is 3.12. The summed E-state index contributed by atoms with van der Waals surface area (Å²) in [6, 6.07) is 9.50. The molecule has 2 amide bonds. The Morgan fingerprint density at radius 2 is 1.89 bits per heavy atom. The summed E-state index contributed by atoms with van der Waals surface area (Å²) in [6.07, 6.45) is 3.64. The van der Waals surface area contributed by atoms with Gasteiger partial charge in [0.15, 0.2) is 5.82 Å². The first kappa shape index (κ1) is 18.3. The van der Waals surface area contributed by atoms with Crippen LogP contribution >= 0.6 is 0 Å². The van der Waals surface area contributed by atoms with Gasteiger partial charge in [0.1, 0.15) is 6.10 Å². The third-order valence-corrected chi connectivity index (χ3v) is 5.10. The lowest BCUT2D eigenvalue weighted by molar-refractivity contribution is -0.138. The zero-order chi connectivity index (χ0) is 19.5. The summed E-state index contributed by atoms with van der Waals surface area (Å²) in [5.74, 6) is -0.940. The van der Waals surface area contributed by atoms with Gasteiger partial charge < -0.3 is 14.5 Å². The molecule has 3 heterocycles. The van der Waals surface area contributed by atoms with Crippen molar-refractivity contribution in [2.24, 2.45) is 5.92 Å². The minimum absolute atomic E-state index is 0.0277. The standard InChI is InChI=1S/C20H21FN4O3/c21-15-10-22-20(23-11-15)28-17-7-4-8-24(13-17)19(27)14-9-18(26)25(12-14)16-5-2-1-3-6-16/h1-3,5-6,10-11,14,17H,4,7-9,12-13H2. The molecule has 1 aromatic carbocycles. The topological polar surface area (TPSA) is 75.6 Å². The Balaban J connectivity index is 1.38. The van der Waals surface area contributed by atoms with Crippen molar-refractivity contribution in [3.05, 3.63) is 48.5 Å². The molecule has 2 aliphatic rings. The molecule has 2 aliphatic heterocycles. The number of ether oxygens (including phenoxy) is 1. The number of piperidine rings is 1. The minimum Gasteiger partial charge on any atom is -0.458 e. The number of aromatic nitrogens is 2. The lowest BCUT2D eigenvalue weighted by Crippen LogP contribution is -2.47. The first-order chi connectivity index (χ1) is 13.6. The number of rotatable bonds is 4. The van der Waals surface area contributed by atoms with Gasteiger partial charge in [-0.05, 0) is 25.0 Å². The second-order valence-corrected chi connectivity index (χ2v) is 7.09. The molecule has 0 aliphatic carbocycles. The number of hydrogen-bond acceptors (Lipinski definition) is 5. The molecule has 1 aromatic heterocycles. The molecule has 7 nitrogen and oxygen atoms in total. The number of halogens is 1. The van der Waals surface area contributed by atoms with Gasteiger partial charge in [0, 0.05) is 25.2 Å². The van der Waals surface area contributed by atoms with Crippen molar-refractivity contribution in [3.63, 3.8) is 0 Å². The number of hydrogen-bond donors (Lipinski definition) is 0. The van der Waals surface area contributed by atoms with Crippen molar-refractivity contribution in [2.75, 3.05) is 24.5 Å². The van der Waals surface area contributed by atoms with E-state index in [0.717, 1.165) is 30.9 Å². The van der Waals surface area contributed by atoms with Crippen LogP contribution in [0, 0.1) is 11.7 Å². The lowest BCUT2D eigenvalue weighted by atomic mass is 10.0. The van der Waals surface area contributed by atoms with Gasteiger partial charge in [-0.25, -0.2) is 14.4 Å². The van der Waals surface area contributed by atoms with Crippen LogP contribution in [0.3, 0.4) is 0 Å². The number of benzene rings is 1. The van der Waals surface area contributed by atoms with Crippen LogP contribution in [0.15, 0.2) is 42.7 Å². The highest BCUT2D eigenvalue weighted by Crippen LogP contribution is 2.27. The first-order valence-electron chi connectivity index (χ1n) is 9.38. The predicted molar refractivity (Wildman–Crippen MR) is 99.1 cm³/mol. The molecule has 2 atom stereocenters. The molecule has 4 rings (SSSR count). The van der Waals surface area contributed by atoms with Crippen LogP contribution in [0.5, 0.6) is 6.01 Å². The molecule has 146 valence electrons. The van der Waals surface area contributed by atoms with E-state index in [1.165, 1.54) is 0 Å². The molecule has 2 fully saturated rings. The smallest absolute Gasteiger partial charge is 0.316 e. The minimum atomic E-state index is -0.526. The zero-order valence-corrected chi connectivity index (χ0v) is 15.3. The van der Waals surface area contributed by atoms with E-state index >= 15 is 0 Å². The molecule has 2 aromatic rings. The van der Waals surface area contributed by atoms with Gasteiger partial charge >= 0.3 is 6.01 Å². The highest BCUT2D eigenvalue weighted by molar-refractivity contribution is 6.00. The largest absolute Gasteiger partial charge is 0.458 e. The van der Waals surface area contributed by atoms with Crippen molar-refractivity contribution < 1.29 is 18.7 Å². The Hall–Kier alpha value is -3.03. The van der Waals surface area contributed by atoms with Crippen molar-refractivity contribution in [2.45, 2.75) is 25.4 Å². The average molecular weight is 384 g/mol. The number of likely N-dealkylation sites (tertiary alicyclic amines) is 1. The molecule has 2 saturated heterocycles. The van der Waals surface area contributed by atoms with Crippen LogP contribution in [0.4, 0.5) is 10.1 Å². The van der Waals surface area contributed by atoms with Crippen molar-refractivity contribution in [1.82, 2.24) is 14.9 Å². The number of anilines is 1. The maximum atomic E-state index is 13.0. The van der Waals surface area contributed by atoms with Crippen molar-refractivity contribution in [3.8, 4) is 6.01 Å². The molecule has 0 saturated carbocycles. The Morgan fingerprint density at radius 3 is 2.64 bits per heavy atom. The van der Waals surface area contributed by atoms with Gasteiger partial charge in [-0.15, -0.1) is 0 Å². The fraction of sp³-hybridized carbons (Fsp3) is 0.400. The predicted octanol–water partition coefficient (Wildman–Crippen LogP) is 2.04. The van der Waals surface area contributed by atoms with E-state index in [9.17, 15) is 14.0 Å². The lowest BCUT2D eigenvalue weighted by Gasteiger charge is -2.33. The summed E-state index contributed by atoms with van der Waals surface area (Å²) < 4.78 is 18.6. The van der Waals surface area contributed by atoms with Crippen LogP contribution in [0.2, 0.25) is 0 Å². The second kappa shape index (κ2) is 7.92. The fourth-order valence-electron chi connectivity index (χ4n) is 3.73. The van der Waals surface area contributed by atoms with Gasteiger partial charge in [-0.2, -0.15) is 0 Å². The molecule has 2 unspecified atom stereocenters. The monoisotopic (exact) mass is 384 g/mol. The SMILES string of the molecule is O=C(C1CC(=O)N(c2ccccc2)C1)N1CCCC(Oc2ncc(F)cn2)C1. The van der Waals surface area contributed by atoms with E-state index in [4.69, 9.17) is 4.74 Å². The summed E-state index contributed by atoms with van der Waals surface area (Å²) in [7, 11) is 0. The van der Waals surface area contributed by atoms with Crippen LogP contribution < -0.4 is 9.64 Å². The first-order valence-corrected chi connectivity index (χ1v) is 9.38. The fourth-order valence-corrected chi connectivity index (χ4v) is 3.73. The maximum Gasteiger partial charge on any atom is 0.316 e. The number of amides is 2. The normalized spacial score (nSPS) is 22.4. The van der Waals surface area contributed by atoms with E-state index < -0.39 is 5.82 Å². The molecule has 0 spiro atoms. The van der Waals surface area contributed by atoms with E-state index in [1.54, 1.807) is 9.80 Å². The number of carbonyl (C=O) groups is 2. The van der Waals surface area contributed by atoms with Gasteiger partial charge in [0.25, 0.3) is 0 Å². The number of nitrogens with zero attached hydrogens (tertiary/aromatic N) is 4. The number of para-hydroxylation sites is 1. The second-order valence-electron chi connectivity index (χ2n) is 7.09. The highest BCUT2D eigenvalue weighted by Gasteiger charge is 2.38. The Labute approximate surface area is 162 Å². The third-order valence-electron chi connectivity index (χ3n) is 5.10. The molecule has 0 N–H and O–H groups in total. The third kappa shape index (κ3) is 3.95. The molecule has 0 bridgehead atoms. The van der Waals surface area contributed by atoms with Gasteiger partial charge in [-0.1, -0.05) is 18.2 Å². The number of carbonyl (C=O) groups excluding carboxylic acids is 2. The van der Waals surface area contributed by atoms with Gasteiger partial charge in [0.2, 0.25) is 11.8 Å². The summed E-state index contributed by atoms with van der Waals surface area (Å²) in [5.41, 5.74) is 0.816. The van der Waals surface area contributed by atoms with Crippen LogP contribution in [0.1, 0.15) is 19.3 Å². The van der Waals surface area contributed by atoms with E-state index in [0.29, 0.717) is 19.6 Å². The highest BCUT2D eigenvalue weighted by atomic mass is 19.1. The molecular weight excluding hydrogens is 363 g/mol. The maximum absolute atomic E-state index is 13.0. The Morgan fingerprint density at radius 1 is 1.14 bits per heavy atom. The summed E-state index contributed by atoms with van der Waals surface area (Å²) in [4.78, 5) is 36.4. The van der Waals surface area contributed by atoms with Gasteiger partial charge in [0.05, 0.1) is 24.9 Å². The van der Waals surface area contributed by atoms with Crippen LogP contribution in [0.25, 0.3) is 0 Å². The molecule has 28 heavy (non-hydrogen) atoms. The summed E-state index contributed by atoms with van der Waals surface area (Å²) >= 11 is 0. The van der Waals surface area contributed by atoms with E-state index in [-0.39, 0.29) is 36.3 Å². The van der Waals surface area contributed by atoms with Crippen molar-refractivity contribution >= 4 is 17.5 Å². The zero-order valence-electron chi connectivity index (χ0n) is 15.3. The quantitative estimate of drug-likeness (QED) is 0.806. The Kier molecular flexibility index (Phi) is 5.18. The van der Waals surface area contributed by atoms with E-state index in [2.05, 4.69) is 9.97 Å². The summed E-state index contributed by atoms with van der Waals surface area (Å²) in [6.45, 7) is 1.44. The van der Waals surface area contributed by atoms with Gasteiger partial charge in [-0.3, -0.25) is 9.59 Å². The molecular formula is C20H21FN4O3. The Bertz CT molecular complexity index is 846.